The normalized spacial score (nSPS) is 12.7. The Bertz CT molecular complexity index is 959. The molecule has 0 spiro atoms. The first-order valence-electron chi connectivity index (χ1n) is 13.8. The topological polar surface area (TPSA) is 134 Å². The van der Waals surface area contributed by atoms with Crippen molar-refractivity contribution in [2.24, 2.45) is 0 Å². The number of aliphatic hydroxyl groups excluding tert-OH is 1. The lowest BCUT2D eigenvalue weighted by molar-refractivity contribution is -0.144. The molecule has 0 aromatic heterocycles. The fourth-order valence-electron chi connectivity index (χ4n) is 4.05. The Morgan fingerprint density at radius 3 is 2.33 bits per heavy atom. The summed E-state index contributed by atoms with van der Waals surface area (Å²) < 4.78 is 10.2. The number of nitrogens with zero attached hydrogens (tertiary/aromatic N) is 1. The molecule has 0 aliphatic carbocycles. The number of nitrogens with one attached hydrogen (secondary N) is 2. The van der Waals surface area contributed by atoms with Gasteiger partial charge in [0.1, 0.15) is 17.7 Å². The number of alkyl carbamates (subject to hydrolysis) is 1. The van der Waals surface area contributed by atoms with Crippen molar-refractivity contribution in [3.63, 3.8) is 0 Å². The smallest absolute Gasteiger partial charge is 0.408 e. The van der Waals surface area contributed by atoms with E-state index in [4.69, 9.17) is 9.47 Å². The highest BCUT2D eigenvalue weighted by atomic mass is 16.6. The van der Waals surface area contributed by atoms with Gasteiger partial charge in [-0.3, -0.25) is 14.4 Å². The van der Waals surface area contributed by atoms with Crippen molar-refractivity contribution in [2.45, 2.75) is 98.3 Å². The Kier molecular flexibility index (Phi) is 14.5. The second-order valence-electron chi connectivity index (χ2n) is 10.5. The van der Waals surface area contributed by atoms with Crippen LogP contribution in [0.25, 0.3) is 0 Å². The van der Waals surface area contributed by atoms with Gasteiger partial charge in [-0.25, -0.2) is 4.79 Å². The molecule has 0 bridgehead atoms. The van der Waals surface area contributed by atoms with Crippen LogP contribution < -0.4 is 10.6 Å². The monoisotopic (exact) mass is 549 g/mol. The van der Waals surface area contributed by atoms with Gasteiger partial charge in [-0.15, -0.1) is 0 Å². The van der Waals surface area contributed by atoms with Gasteiger partial charge in [0, 0.05) is 13.1 Å². The standard InChI is InChI=1S/C29H47N3O7/c1-8-10-11-12-18-32(27(36)23(19-33)31-28(37)39-29(5,6)7)25(22-15-13-14-20(3)21(22)4)26(35)30-17-16-24(34)38-9-2/h13-15,23,25,33H,8-12,16-19H2,1-7H3,(H,30,35)(H,31,37). The van der Waals surface area contributed by atoms with Gasteiger partial charge in [-0.2, -0.15) is 0 Å². The van der Waals surface area contributed by atoms with E-state index in [-0.39, 0.29) is 26.1 Å². The maximum Gasteiger partial charge on any atom is 0.408 e. The predicted molar refractivity (Wildman–Crippen MR) is 149 cm³/mol. The van der Waals surface area contributed by atoms with Crippen molar-refractivity contribution in [1.82, 2.24) is 15.5 Å². The summed E-state index contributed by atoms with van der Waals surface area (Å²) in [5, 5.41) is 15.3. The van der Waals surface area contributed by atoms with E-state index in [1.165, 1.54) is 4.90 Å². The van der Waals surface area contributed by atoms with Crippen LogP contribution in [0.1, 0.15) is 89.5 Å². The number of unbranched alkanes of at least 4 members (excludes halogenated alkanes) is 3. The van der Waals surface area contributed by atoms with Crippen molar-refractivity contribution in [3.8, 4) is 0 Å². The number of amides is 3. The first-order chi connectivity index (χ1) is 18.4. The largest absolute Gasteiger partial charge is 0.466 e. The molecule has 3 amide bonds. The molecular weight excluding hydrogens is 502 g/mol. The van der Waals surface area contributed by atoms with Crippen LogP contribution >= 0.6 is 0 Å². The van der Waals surface area contributed by atoms with Crippen molar-refractivity contribution in [3.05, 3.63) is 34.9 Å². The Balaban J connectivity index is 3.41. The molecule has 2 atom stereocenters. The Hall–Kier alpha value is -3.14. The van der Waals surface area contributed by atoms with E-state index in [1.807, 2.05) is 26.0 Å². The first kappa shape index (κ1) is 33.9. The van der Waals surface area contributed by atoms with Crippen LogP contribution in [-0.4, -0.2) is 71.8 Å². The molecule has 10 nitrogen and oxygen atoms in total. The van der Waals surface area contributed by atoms with Crippen LogP contribution in [0.3, 0.4) is 0 Å². The quantitative estimate of drug-likeness (QED) is 0.224. The van der Waals surface area contributed by atoms with Crippen molar-refractivity contribution in [2.75, 3.05) is 26.3 Å². The van der Waals surface area contributed by atoms with Crippen molar-refractivity contribution >= 4 is 23.9 Å². The zero-order valence-electron chi connectivity index (χ0n) is 24.6. The summed E-state index contributed by atoms with van der Waals surface area (Å²) in [6.07, 6.45) is 2.56. The third kappa shape index (κ3) is 11.6. The molecule has 1 rings (SSSR count). The van der Waals surface area contributed by atoms with Crippen LogP contribution in [0.2, 0.25) is 0 Å². The van der Waals surface area contributed by atoms with Gasteiger partial charge in [-0.1, -0.05) is 44.4 Å². The number of carbonyl (C=O) groups excluding carboxylic acids is 4. The molecule has 3 N–H and O–H groups in total. The minimum atomic E-state index is -1.31. The molecule has 0 saturated carbocycles. The highest BCUT2D eigenvalue weighted by molar-refractivity contribution is 5.92. The molecule has 39 heavy (non-hydrogen) atoms. The van der Waals surface area contributed by atoms with Crippen LogP contribution in [-0.2, 0) is 23.9 Å². The summed E-state index contributed by atoms with van der Waals surface area (Å²) in [5.74, 6) is -1.51. The molecule has 0 radical (unpaired) electrons. The minimum absolute atomic E-state index is 0.0109. The summed E-state index contributed by atoms with van der Waals surface area (Å²) >= 11 is 0. The molecule has 0 aliphatic heterocycles. The molecule has 10 heteroatoms. The first-order valence-corrected chi connectivity index (χ1v) is 13.8. The zero-order chi connectivity index (χ0) is 29.6. The fourth-order valence-corrected chi connectivity index (χ4v) is 4.05. The van der Waals surface area contributed by atoms with E-state index < -0.39 is 48.2 Å². The average Bonchev–Trinajstić information content (AvgIpc) is 2.85. The predicted octanol–water partition coefficient (Wildman–Crippen LogP) is 3.71. The lowest BCUT2D eigenvalue weighted by Crippen LogP contribution is -2.54. The lowest BCUT2D eigenvalue weighted by atomic mass is 9.94. The summed E-state index contributed by atoms with van der Waals surface area (Å²) in [4.78, 5) is 53.2. The number of aliphatic hydroxyl groups is 1. The van der Waals surface area contributed by atoms with Gasteiger partial charge in [0.05, 0.1) is 19.6 Å². The van der Waals surface area contributed by atoms with E-state index in [0.717, 1.165) is 30.4 Å². The Morgan fingerprint density at radius 2 is 1.74 bits per heavy atom. The third-order valence-corrected chi connectivity index (χ3v) is 6.14. The molecular formula is C29H47N3O7. The molecule has 2 unspecified atom stereocenters. The maximum atomic E-state index is 13.9. The second kappa shape index (κ2) is 16.7. The van der Waals surface area contributed by atoms with Gasteiger partial charge >= 0.3 is 12.1 Å². The molecule has 0 saturated heterocycles. The Labute approximate surface area is 232 Å². The molecule has 0 aliphatic rings. The number of esters is 1. The number of hydrogen-bond acceptors (Lipinski definition) is 7. The summed E-state index contributed by atoms with van der Waals surface area (Å²) in [7, 11) is 0. The highest BCUT2D eigenvalue weighted by Crippen LogP contribution is 2.28. The number of carbonyl (C=O) groups is 4. The summed E-state index contributed by atoms with van der Waals surface area (Å²) in [5.41, 5.74) is 1.62. The number of ether oxygens (including phenoxy) is 2. The van der Waals surface area contributed by atoms with Gasteiger partial charge in [-0.05, 0) is 64.7 Å². The number of aryl methyl sites for hydroxylation is 1. The van der Waals surface area contributed by atoms with E-state index in [1.54, 1.807) is 33.8 Å². The van der Waals surface area contributed by atoms with Gasteiger partial charge < -0.3 is 30.1 Å². The molecule has 0 fully saturated rings. The van der Waals surface area contributed by atoms with E-state index in [0.29, 0.717) is 12.0 Å². The van der Waals surface area contributed by atoms with Gasteiger partial charge in [0.15, 0.2) is 0 Å². The minimum Gasteiger partial charge on any atom is -0.466 e. The van der Waals surface area contributed by atoms with Crippen LogP contribution in [0, 0.1) is 13.8 Å². The number of rotatable bonds is 15. The van der Waals surface area contributed by atoms with Gasteiger partial charge in [0.2, 0.25) is 11.8 Å². The molecule has 0 heterocycles. The van der Waals surface area contributed by atoms with Crippen LogP contribution in [0.5, 0.6) is 0 Å². The average molecular weight is 550 g/mol. The van der Waals surface area contributed by atoms with Crippen LogP contribution in [0.15, 0.2) is 18.2 Å². The SMILES string of the molecule is CCCCCCN(C(=O)C(CO)NC(=O)OC(C)(C)C)C(C(=O)NCCC(=O)OCC)c1cccc(C)c1C. The van der Waals surface area contributed by atoms with E-state index in [2.05, 4.69) is 17.6 Å². The molecule has 1 aromatic carbocycles. The third-order valence-electron chi connectivity index (χ3n) is 6.14. The second-order valence-corrected chi connectivity index (χ2v) is 10.5. The van der Waals surface area contributed by atoms with E-state index in [9.17, 15) is 24.3 Å². The van der Waals surface area contributed by atoms with Crippen molar-refractivity contribution in [1.29, 1.82) is 0 Å². The highest BCUT2D eigenvalue weighted by Gasteiger charge is 2.36. The summed E-state index contributed by atoms with van der Waals surface area (Å²) in [6, 6.07) is 3.17. The van der Waals surface area contributed by atoms with Crippen molar-refractivity contribution < 1.29 is 33.8 Å². The maximum absolute atomic E-state index is 13.9. The number of benzene rings is 1. The van der Waals surface area contributed by atoms with Gasteiger partial charge in [0.25, 0.3) is 0 Å². The number of hydrogen-bond donors (Lipinski definition) is 3. The van der Waals surface area contributed by atoms with E-state index >= 15 is 0 Å². The fraction of sp³-hybridized carbons (Fsp3) is 0.655. The lowest BCUT2D eigenvalue weighted by Gasteiger charge is -2.35. The molecule has 220 valence electrons. The summed E-state index contributed by atoms with van der Waals surface area (Å²) in [6.45, 7) is 12.5. The Morgan fingerprint density at radius 1 is 1.05 bits per heavy atom. The van der Waals surface area contributed by atoms with Crippen LogP contribution in [0.4, 0.5) is 4.79 Å². The molecule has 1 aromatic rings. The zero-order valence-corrected chi connectivity index (χ0v) is 24.6.